The van der Waals surface area contributed by atoms with E-state index in [1.54, 1.807) is 11.0 Å². The van der Waals surface area contributed by atoms with Crippen LogP contribution in [0.2, 0.25) is 0 Å². The van der Waals surface area contributed by atoms with Gasteiger partial charge in [0.1, 0.15) is 12.7 Å². The molecule has 5 nitrogen and oxygen atoms in total. The van der Waals surface area contributed by atoms with Crippen LogP contribution in [0.1, 0.15) is 29.3 Å². The summed E-state index contributed by atoms with van der Waals surface area (Å²) in [4.78, 5) is 20.2. The van der Waals surface area contributed by atoms with Crippen molar-refractivity contribution >= 4 is 23.4 Å². The van der Waals surface area contributed by atoms with Gasteiger partial charge in [0, 0.05) is 22.3 Å². The molecule has 1 aromatic heterocycles. The van der Waals surface area contributed by atoms with Crippen molar-refractivity contribution in [3.63, 3.8) is 0 Å². The number of nitrogens with zero attached hydrogens (tertiary/aromatic N) is 4. The molecule has 26 heavy (non-hydrogen) atoms. The van der Waals surface area contributed by atoms with Gasteiger partial charge in [-0.15, -0.1) is 11.8 Å². The molecule has 0 saturated carbocycles. The Kier molecular flexibility index (Phi) is 4.75. The van der Waals surface area contributed by atoms with Crippen LogP contribution >= 0.6 is 11.8 Å². The Bertz CT molecular complexity index is 892. The molecule has 0 fully saturated rings. The Labute approximate surface area is 157 Å². The van der Waals surface area contributed by atoms with Gasteiger partial charge in [-0.2, -0.15) is 5.10 Å². The molecule has 0 bridgehead atoms. The van der Waals surface area contributed by atoms with Crippen molar-refractivity contribution < 1.29 is 4.79 Å². The van der Waals surface area contributed by atoms with Crippen LogP contribution in [-0.2, 0) is 6.54 Å². The maximum absolute atomic E-state index is 13.1. The van der Waals surface area contributed by atoms with Gasteiger partial charge >= 0.3 is 0 Å². The summed E-state index contributed by atoms with van der Waals surface area (Å²) < 4.78 is 1.76. The number of benzene rings is 2. The Hall–Kier alpha value is -2.60. The van der Waals surface area contributed by atoms with E-state index in [1.807, 2.05) is 59.1 Å². The van der Waals surface area contributed by atoms with Gasteiger partial charge in [0.15, 0.2) is 0 Å². The highest BCUT2D eigenvalue weighted by Gasteiger charge is 2.24. The lowest BCUT2D eigenvalue weighted by Crippen LogP contribution is -2.32. The third kappa shape index (κ3) is 3.51. The highest BCUT2D eigenvalue weighted by molar-refractivity contribution is 8.00. The van der Waals surface area contributed by atoms with E-state index in [0.29, 0.717) is 17.4 Å². The minimum absolute atomic E-state index is 0.0551. The minimum Gasteiger partial charge on any atom is -0.307 e. The lowest BCUT2D eigenvalue weighted by atomic mass is 10.1. The van der Waals surface area contributed by atoms with E-state index in [1.165, 1.54) is 11.2 Å². The summed E-state index contributed by atoms with van der Waals surface area (Å²) in [7, 11) is 0. The summed E-state index contributed by atoms with van der Waals surface area (Å²) in [6.07, 6.45) is 4.19. The van der Waals surface area contributed by atoms with E-state index in [9.17, 15) is 4.79 Å². The first-order valence-corrected chi connectivity index (χ1v) is 9.57. The number of hydrogen-bond acceptors (Lipinski definition) is 4. The first kappa shape index (κ1) is 16.8. The number of carbonyl (C=O) groups is 1. The van der Waals surface area contributed by atoms with Gasteiger partial charge < -0.3 is 4.90 Å². The molecule has 0 spiro atoms. The Morgan fingerprint density at radius 3 is 2.77 bits per heavy atom. The molecular formula is C20H20N4OS. The van der Waals surface area contributed by atoms with Crippen molar-refractivity contribution in [2.75, 3.05) is 11.4 Å². The number of para-hydroxylation sites is 1. The minimum atomic E-state index is 0.0551. The average Bonchev–Trinajstić information content (AvgIpc) is 3.10. The van der Waals surface area contributed by atoms with Crippen LogP contribution in [0.3, 0.4) is 0 Å². The predicted octanol–water partition coefficient (Wildman–Crippen LogP) is 3.86. The third-order valence-corrected chi connectivity index (χ3v) is 5.74. The summed E-state index contributed by atoms with van der Waals surface area (Å²) in [5.74, 6) is 0.0551. The molecule has 1 unspecified atom stereocenters. The zero-order valence-electron chi connectivity index (χ0n) is 14.6. The molecule has 2 aromatic carbocycles. The largest absolute Gasteiger partial charge is 0.307 e. The molecule has 0 saturated heterocycles. The molecule has 1 aliphatic heterocycles. The second-order valence-electron chi connectivity index (χ2n) is 6.43. The number of carbonyl (C=O) groups excluding carboxylic acids is 1. The van der Waals surface area contributed by atoms with E-state index in [2.05, 4.69) is 23.1 Å². The molecule has 0 N–H and O–H groups in total. The Morgan fingerprint density at radius 2 is 2.00 bits per heavy atom. The van der Waals surface area contributed by atoms with Crippen molar-refractivity contribution in [3.8, 4) is 0 Å². The summed E-state index contributed by atoms with van der Waals surface area (Å²) in [5.41, 5.74) is 2.81. The highest BCUT2D eigenvalue weighted by atomic mass is 32.2. The van der Waals surface area contributed by atoms with Gasteiger partial charge in [-0.25, -0.2) is 9.67 Å². The number of hydrogen-bond donors (Lipinski definition) is 0. The number of rotatable bonds is 3. The molecule has 1 aliphatic rings. The van der Waals surface area contributed by atoms with Crippen LogP contribution in [0.4, 0.5) is 5.69 Å². The van der Waals surface area contributed by atoms with Crippen molar-refractivity contribution in [3.05, 3.63) is 72.3 Å². The van der Waals surface area contributed by atoms with E-state index < -0.39 is 0 Å². The molecule has 0 aliphatic carbocycles. The van der Waals surface area contributed by atoms with Crippen LogP contribution in [0, 0.1) is 0 Å². The summed E-state index contributed by atoms with van der Waals surface area (Å²) in [6, 6.07) is 15.9. The molecular weight excluding hydrogens is 344 g/mol. The van der Waals surface area contributed by atoms with E-state index in [-0.39, 0.29) is 5.91 Å². The maximum Gasteiger partial charge on any atom is 0.258 e. The normalized spacial score (nSPS) is 16.8. The first-order chi connectivity index (χ1) is 12.7. The maximum atomic E-state index is 13.1. The van der Waals surface area contributed by atoms with Crippen molar-refractivity contribution in [2.24, 2.45) is 0 Å². The number of amides is 1. The quantitative estimate of drug-likeness (QED) is 0.708. The number of thioether (sulfide) groups is 1. The zero-order chi connectivity index (χ0) is 17.9. The molecule has 6 heteroatoms. The fraction of sp³-hybridized carbons (Fsp3) is 0.250. The SMILES string of the molecule is CC1CCN(C(=O)c2ccc(Cn3cncn3)cc2)c2ccccc2S1. The predicted molar refractivity (Wildman–Crippen MR) is 104 cm³/mol. The van der Waals surface area contributed by atoms with Crippen LogP contribution in [0.25, 0.3) is 0 Å². The fourth-order valence-electron chi connectivity index (χ4n) is 3.11. The van der Waals surface area contributed by atoms with Gasteiger partial charge in [-0.05, 0) is 36.2 Å². The van der Waals surface area contributed by atoms with Crippen LogP contribution < -0.4 is 4.90 Å². The highest BCUT2D eigenvalue weighted by Crippen LogP contribution is 2.37. The second-order valence-corrected chi connectivity index (χ2v) is 7.91. The summed E-state index contributed by atoms with van der Waals surface area (Å²) in [6.45, 7) is 3.61. The molecule has 132 valence electrons. The third-order valence-electron chi connectivity index (χ3n) is 4.50. The molecule has 3 aromatic rings. The van der Waals surface area contributed by atoms with Crippen molar-refractivity contribution in [1.82, 2.24) is 14.8 Å². The van der Waals surface area contributed by atoms with Gasteiger partial charge in [0.05, 0.1) is 12.2 Å². The summed E-state index contributed by atoms with van der Waals surface area (Å²) >= 11 is 1.84. The van der Waals surface area contributed by atoms with Crippen LogP contribution in [0.5, 0.6) is 0 Å². The van der Waals surface area contributed by atoms with Crippen molar-refractivity contribution in [1.29, 1.82) is 0 Å². The lowest BCUT2D eigenvalue weighted by Gasteiger charge is -2.22. The topological polar surface area (TPSA) is 51.0 Å². The second kappa shape index (κ2) is 7.33. The van der Waals surface area contributed by atoms with E-state index >= 15 is 0 Å². The van der Waals surface area contributed by atoms with Crippen LogP contribution in [-0.4, -0.2) is 32.5 Å². The molecule has 2 heterocycles. The van der Waals surface area contributed by atoms with Crippen molar-refractivity contribution in [2.45, 2.75) is 30.0 Å². The number of aromatic nitrogens is 3. The first-order valence-electron chi connectivity index (χ1n) is 8.69. The van der Waals surface area contributed by atoms with Crippen LogP contribution in [0.15, 0.2) is 66.1 Å². The molecule has 1 amide bonds. The smallest absolute Gasteiger partial charge is 0.258 e. The molecule has 0 radical (unpaired) electrons. The van der Waals surface area contributed by atoms with Gasteiger partial charge in [0.2, 0.25) is 0 Å². The molecule has 1 atom stereocenters. The Morgan fingerprint density at radius 1 is 1.19 bits per heavy atom. The number of fused-ring (bicyclic) bond motifs is 1. The van der Waals surface area contributed by atoms with E-state index in [0.717, 1.165) is 24.2 Å². The van der Waals surface area contributed by atoms with Gasteiger partial charge in [0.25, 0.3) is 5.91 Å². The number of anilines is 1. The van der Waals surface area contributed by atoms with Gasteiger partial charge in [-0.1, -0.05) is 31.2 Å². The summed E-state index contributed by atoms with van der Waals surface area (Å²) in [5, 5.41) is 4.61. The molecule has 4 rings (SSSR count). The standard InChI is InChI=1S/C20H20N4OS/c1-15-10-11-24(18-4-2-3-5-19(18)26-15)20(25)17-8-6-16(7-9-17)12-23-14-21-13-22-23/h2-9,13-15H,10-12H2,1H3. The fourth-order valence-corrected chi connectivity index (χ4v) is 4.22. The van der Waals surface area contributed by atoms with Gasteiger partial charge in [-0.3, -0.25) is 4.79 Å². The zero-order valence-corrected chi connectivity index (χ0v) is 15.4. The average molecular weight is 364 g/mol. The van der Waals surface area contributed by atoms with E-state index in [4.69, 9.17) is 0 Å². The Balaban J connectivity index is 1.57. The lowest BCUT2D eigenvalue weighted by molar-refractivity contribution is 0.0986. The monoisotopic (exact) mass is 364 g/mol.